The molecular formula is C25H39NO3. The maximum atomic E-state index is 12.4. The van der Waals surface area contributed by atoms with Gasteiger partial charge in [0.05, 0.1) is 5.57 Å². The first-order chi connectivity index (χ1) is 13.8. The molecule has 1 aliphatic rings. The molecule has 0 unspecified atom stereocenters. The Kier molecular flexibility index (Phi) is 12.5. The molecule has 1 fully saturated rings. The quantitative estimate of drug-likeness (QED) is 0.294. The molecule has 1 saturated carbocycles. The third kappa shape index (κ3) is 8.18. The molecule has 0 aromatic heterocycles. The molecule has 0 saturated heterocycles. The van der Waals surface area contributed by atoms with Crippen LogP contribution in [0.15, 0.2) is 66.7 Å². The third-order valence-electron chi connectivity index (χ3n) is 5.07. The Hall–Kier alpha value is -2.49. The number of benzene rings is 1. The standard InChI is InChI=1S/C21H27NO3.2C2H6/c1-15-9-11-21(12-10-15,18-7-5-4-6-8-18)14-22-20(25)19(17(3)24)13-16(2)23;2*1-2/h4-8,13,15,23-24H,2-3,9-12,14H2,1H3,(H,22,25);2*1-2H3/b19-13+;;. The van der Waals surface area contributed by atoms with Crippen LogP contribution in [-0.2, 0) is 10.2 Å². The number of nitrogens with one attached hydrogen (secondary N) is 1. The Bertz CT molecular complexity index is 669. The lowest BCUT2D eigenvalue weighted by Crippen LogP contribution is -2.43. The number of amides is 1. The molecule has 4 heteroatoms. The Morgan fingerprint density at radius 3 is 2.07 bits per heavy atom. The largest absolute Gasteiger partial charge is 0.509 e. The number of carbonyl (C=O) groups is 1. The Morgan fingerprint density at radius 1 is 1.10 bits per heavy atom. The highest BCUT2D eigenvalue weighted by Crippen LogP contribution is 2.41. The molecule has 0 radical (unpaired) electrons. The van der Waals surface area contributed by atoms with Crippen LogP contribution in [0.4, 0.5) is 0 Å². The van der Waals surface area contributed by atoms with Crippen molar-refractivity contribution in [1.29, 1.82) is 0 Å². The molecule has 3 N–H and O–H groups in total. The molecule has 0 aliphatic heterocycles. The first-order valence-corrected chi connectivity index (χ1v) is 10.7. The highest BCUT2D eigenvalue weighted by molar-refractivity contribution is 5.97. The fraction of sp³-hybridized carbons (Fsp3) is 0.480. The number of rotatable bonds is 6. The van der Waals surface area contributed by atoms with Crippen molar-refractivity contribution in [2.45, 2.75) is 65.7 Å². The first-order valence-electron chi connectivity index (χ1n) is 10.7. The van der Waals surface area contributed by atoms with Crippen LogP contribution in [0.5, 0.6) is 0 Å². The lowest BCUT2D eigenvalue weighted by atomic mass is 9.67. The Labute approximate surface area is 177 Å². The fourth-order valence-corrected chi connectivity index (χ4v) is 3.47. The molecule has 162 valence electrons. The van der Waals surface area contributed by atoms with E-state index in [4.69, 9.17) is 0 Å². The van der Waals surface area contributed by atoms with E-state index in [1.807, 2.05) is 45.9 Å². The predicted molar refractivity (Wildman–Crippen MR) is 123 cm³/mol. The molecular weight excluding hydrogens is 362 g/mol. The number of hydrogen-bond donors (Lipinski definition) is 3. The molecule has 4 nitrogen and oxygen atoms in total. The minimum absolute atomic E-state index is 0.0695. The average molecular weight is 402 g/mol. The van der Waals surface area contributed by atoms with Crippen molar-refractivity contribution in [3.63, 3.8) is 0 Å². The summed E-state index contributed by atoms with van der Waals surface area (Å²) in [6.07, 6.45) is 5.37. The topological polar surface area (TPSA) is 69.6 Å². The second kappa shape index (κ2) is 13.6. The van der Waals surface area contributed by atoms with Gasteiger partial charge in [-0.25, -0.2) is 0 Å². The fourth-order valence-electron chi connectivity index (χ4n) is 3.47. The minimum Gasteiger partial charge on any atom is -0.509 e. The predicted octanol–water partition coefficient (Wildman–Crippen LogP) is 6.37. The van der Waals surface area contributed by atoms with Gasteiger partial charge >= 0.3 is 0 Å². The number of aliphatic hydroxyl groups is 2. The summed E-state index contributed by atoms with van der Waals surface area (Å²) in [5, 5.41) is 21.8. The lowest BCUT2D eigenvalue weighted by Gasteiger charge is -2.40. The van der Waals surface area contributed by atoms with E-state index in [2.05, 4.69) is 37.5 Å². The maximum absolute atomic E-state index is 12.4. The van der Waals surface area contributed by atoms with E-state index < -0.39 is 11.7 Å². The molecule has 1 aromatic rings. The number of carbonyl (C=O) groups excluding carboxylic acids is 1. The Balaban J connectivity index is 0.00000184. The normalized spacial score (nSPS) is 20.9. The minimum atomic E-state index is -0.461. The zero-order valence-corrected chi connectivity index (χ0v) is 18.8. The van der Waals surface area contributed by atoms with E-state index in [0.717, 1.165) is 31.8 Å². The summed E-state index contributed by atoms with van der Waals surface area (Å²) in [5.41, 5.74) is 1.05. The van der Waals surface area contributed by atoms with Gasteiger partial charge in [0.1, 0.15) is 11.5 Å². The summed E-state index contributed by atoms with van der Waals surface area (Å²) in [7, 11) is 0. The van der Waals surface area contributed by atoms with Gasteiger partial charge in [0.15, 0.2) is 0 Å². The summed E-state index contributed by atoms with van der Waals surface area (Å²) in [4.78, 5) is 12.4. The van der Waals surface area contributed by atoms with Crippen LogP contribution in [-0.4, -0.2) is 22.7 Å². The number of hydrogen-bond acceptors (Lipinski definition) is 3. The van der Waals surface area contributed by atoms with Crippen LogP contribution in [0.25, 0.3) is 0 Å². The van der Waals surface area contributed by atoms with Crippen molar-refractivity contribution in [3.8, 4) is 0 Å². The van der Waals surface area contributed by atoms with Gasteiger partial charge in [-0.15, -0.1) is 0 Å². The maximum Gasteiger partial charge on any atom is 0.255 e. The SMILES string of the molecule is C=C(O)/C=C(\C(=C)O)C(=O)NCC1(c2ccccc2)CCC(C)CC1.CC.CC. The van der Waals surface area contributed by atoms with Gasteiger partial charge in [0, 0.05) is 12.0 Å². The van der Waals surface area contributed by atoms with Crippen molar-refractivity contribution in [1.82, 2.24) is 5.32 Å². The highest BCUT2D eigenvalue weighted by Gasteiger charge is 2.36. The van der Waals surface area contributed by atoms with Crippen LogP contribution in [0.2, 0.25) is 0 Å². The van der Waals surface area contributed by atoms with E-state index in [1.165, 1.54) is 5.56 Å². The molecule has 1 aliphatic carbocycles. The smallest absolute Gasteiger partial charge is 0.255 e. The van der Waals surface area contributed by atoms with Crippen molar-refractivity contribution >= 4 is 5.91 Å². The van der Waals surface area contributed by atoms with Gasteiger partial charge in [-0.3, -0.25) is 4.79 Å². The van der Waals surface area contributed by atoms with Crippen LogP contribution < -0.4 is 5.32 Å². The van der Waals surface area contributed by atoms with E-state index in [1.54, 1.807) is 0 Å². The van der Waals surface area contributed by atoms with Gasteiger partial charge in [0.2, 0.25) is 0 Å². The van der Waals surface area contributed by atoms with E-state index in [-0.39, 0.29) is 16.7 Å². The summed E-state index contributed by atoms with van der Waals surface area (Å²) in [6.45, 7) is 17.4. The van der Waals surface area contributed by atoms with E-state index >= 15 is 0 Å². The molecule has 2 rings (SSSR count). The zero-order valence-electron chi connectivity index (χ0n) is 18.8. The molecule has 29 heavy (non-hydrogen) atoms. The Morgan fingerprint density at radius 2 is 1.62 bits per heavy atom. The van der Waals surface area contributed by atoms with Crippen LogP contribution in [0, 0.1) is 5.92 Å². The molecule has 0 heterocycles. The van der Waals surface area contributed by atoms with Crippen molar-refractivity contribution in [2.24, 2.45) is 5.92 Å². The molecule has 1 amide bonds. The highest BCUT2D eigenvalue weighted by atomic mass is 16.3. The van der Waals surface area contributed by atoms with Crippen LogP contribution in [0.3, 0.4) is 0 Å². The summed E-state index contributed by atoms with van der Waals surface area (Å²) in [6, 6.07) is 10.3. The van der Waals surface area contributed by atoms with Gasteiger partial charge in [-0.05, 0) is 43.2 Å². The zero-order chi connectivity index (χ0) is 22.4. The lowest BCUT2D eigenvalue weighted by molar-refractivity contribution is -0.117. The molecule has 0 spiro atoms. The van der Waals surface area contributed by atoms with Gasteiger partial charge in [-0.1, -0.05) is 78.1 Å². The second-order valence-corrected chi connectivity index (χ2v) is 7.01. The van der Waals surface area contributed by atoms with Gasteiger partial charge < -0.3 is 15.5 Å². The first kappa shape index (κ1) is 26.5. The van der Waals surface area contributed by atoms with Crippen molar-refractivity contribution in [2.75, 3.05) is 6.54 Å². The van der Waals surface area contributed by atoms with Crippen LogP contribution in [0.1, 0.15) is 65.9 Å². The van der Waals surface area contributed by atoms with Crippen molar-refractivity contribution in [3.05, 3.63) is 72.2 Å². The van der Waals surface area contributed by atoms with Crippen molar-refractivity contribution < 1.29 is 15.0 Å². The summed E-state index contributed by atoms with van der Waals surface area (Å²) >= 11 is 0. The van der Waals surface area contributed by atoms with E-state index in [9.17, 15) is 15.0 Å². The molecule has 0 atom stereocenters. The average Bonchev–Trinajstić information content (AvgIpc) is 2.75. The second-order valence-electron chi connectivity index (χ2n) is 7.01. The van der Waals surface area contributed by atoms with Gasteiger partial charge in [0.25, 0.3) is 5.91 Å². The van der Waals surface area contributed by atoms with E-state index in [0.29, 0.717) is 12.5 Å². The molecule has 0 bridgehead atoms. The number of allylic oxidation sites excluding steroid dienone is 1. The van der Waals surface area contributed by atoms with Crippen LogP contribution >= 0.6 is 0 Å². The molecule has 1 aromatic carbocycles. The number of aliphatic hydroxyl groups excluding tert-OH is 2. The third-order valence-corrected chi connectivity index (χ3v) is 5.07. The summed E-state index contributed by atoms with van der Waals surface area (Å²) in [5.74, 6) is -0.460. The summed E-state index contributed by atoms with van der Waals surface area (Å²) < 4.78 is 0. The van der Waals surface area contributed by atoms with Gasteiger partial charge in [-0.2, -0.15) is 0 Å². The monoisotopic (exact) mass is 401 g/mol.